The summed E-state index contributed by atoms with van der Waals surface area (Å²) in [5, 5.41) is 3.48. The van der Waals surface area contributed by atoms with Gasteiger partial charge in [0.2, 0.25) is 5.91 Å². The summed E-state index contributed by atoms with van der Waals surface area (Å²) in [6, 6.07) is 8.51. The van der Waals surface area contributed by atoms with Crippen molar-refractivity contribution in [3.8, 4) is 0 Å². The number of rotatable bonds is 2. The molecule has 1 aliphatic carbocycles. The predicted molar refractivity (Wildman–Crippen MR) is 87.2 cm³/mol. The summed E-state index contributed by atoms with van der Waals surface area (Å²) in [6.07, 6.45) is 5.45. The first-order valence-corrected chi connectivity index (χ1v) is 7.87. The van der Waals surface area contributed by atoms with E-state index in [-0.39, 0.29) is 17.9 Å². The minimum absolute atomic E-state index is 0. The fourth-order valence-corrected chi connectivity index (χ4v) is 4.09. The lowest BCUT2D eigenvalue weighted by atomic mass is 9.92. The maximum atomic E-state index is 13.1. The van der Waals surface area contributed by atoms with Crippen molar-refractivity contribution in [2.45, 2.75) is 50.0 Å². The number of nitrogens with one attached hydrogen (secondary N) is 1. The van der Waals surface area contributed by atoms with E-state index in [0.29, 0.717) is 11.3 Å². The summed E-state index contributed by atoms with van der Waals surface area (Å²) in [5.74, 6) is 0.300. The van der Waals surface area contributed by atoms with E-state index in [9.17, 15) is 4.79 Å². The van der Waals surface area contributed by atoms with Gasteiger partial charge in [0.15, 0.2) is 0 Å². The van der Waals surface area contributed by atoms with Gasteiger partial charge in [0.1, 0.15) is 0 Å². The monoisotopic (exact) mass is 306 g/mol. The van der Waals surface area contributed by atoms with Gasteiger partial charge in [-0.1, -0.05) is 25.1 Å². The Kier molecular flexibility index (Phi) is 3.53. The van der Waals surface area contributed by atoms with Crippen LogP contribution in [0.1, 0.15) is 44.6 Å². The molecule has 1 aromatic rings. The molecule has 0 bridgehead atoms. The molecule has 2 aliphatic heterocycles. The van der Waals surface area contributed by atoms with E-state index in [4.69, 9.17) is 0 Å². The van der Waals surface area contributed by atoms with Gasteiger partial charge in [0.05, 0.1) is 5.54 Å². The van der Waals surface area contributed by atoms with Crippen molar-refractivity contribution in [1.82, 2.24) is 5.32 Å². The van der Waals surface area contributed by atoms with Crippen molar-refractivity contribution in [2.75, 3.05) is 18.0 Å². The lowest BCUT2D eigenvalue weighted by Gasteiger charge is -2.32. The zero-order valence-corrected chi connectivity index (χ0v) is 13.3. The van der Waals surface area contributed by atoms with Crippen LogP contribution in [0, 0.1) is 0 Å². The Morgan fingerprint density at radius 1 is 1.29 bits per heavy atom. The van der Waals surface area contributed by atoms with Crippen LogP contribution in [0.15, 0.2) is 24.3 Å². The number of halogens is 1. The summed E-state index contributed by atoms with van der Waals surface area (Å²) >= 11 is 0. The minimum atomic E-state index is -0.312. The highest BCUT2D eigenvalue weighted by molar-refractivity contribution is 6.03. The summed E-state index contributed by atoms with van der Waals surface area (Å²) in [7, 11) is 0. The topological polar surface area (TPSA) is 32.3 Å². The van der Waals surface area contributed by atoms with Crippen LogP contribution in [0.2, 0.25) is 0 Å². The molecule has 2 heterocycles. The molecule has 0 aromatic heterocycles. The van der Waals surface area contributed by atoms with Crippen molar-refractivity contribution in [3.63, 3.8) is 0 Å². The van der Waals surface area contributed by atoms with Crippen LogP contribution >= 0.6 is 12.4 Å². The third-order valence-corrected chi connectivity index (χ3v) is 5.58. The van der Waals surface area contributed by atoms with Crippen molar-refractivity contribution in [3.05, 3.63) is 29.8 Å². The SMILES string of the molecule is CCC1(C(=O)N2CC3(CC3)c3ccccc32)CCCN1.Cl. The Morgan fingerprint density at radius 3 is 2.67 bits per heavy atom. The van der Waals surface area contributed by atoms with Crippen molar-refractivity contribution in [2.24, 2.45) is 0 Å². The average molecular weight is 307 g/mol. The van der Waals surface area contributed by atoms with E-state index in [2.05, 4.69) is 41.4 Å². The molecule has 3 aliphatic rings. The second-order valence-electron chi connectivity index (χ2n) is 6.65. The second kappa shape index (κ2) is 4.99. The van der Waals surface area contributed by atoms with Crippen LogP contribution in [0.3, 0.4) is 0 Å². The van der Waals surface area contributed by atoms with Crippen molar-refractivity contribution >= 4 is 24.0 Å². The maximum Gasteiger partial charge on any atom is 0.247 e. The predicted octanol–water partition coefficient (Wildman–Crippen LogP) is 3.02. The number of amides is 1. The zero-order chi connectivity index (χ0) is 13.8. The number of hydrogen-bond donors (Lipinski definition) is 1. The van der Waals surface area contributed by atoms with Gasteiger partial charge in [-0.05, 0) is 50.3 Å². The Balaban J connectivity index is 0.00000132. The summed E-state index contributed by atoms with van der Waals surface area (Å²) < 4.78 is 0. The van der Waals surface area contributed by atoms with Crippen LogP contribution in [0.4, 0.5) is 5.69 Å². The molecule has 0 radical (unpaired) electrons. The maximum absolute atomic E-state index is 13.1. The number of anilines is 1. The number of nitrogens with zero attached hydrogens (tertiary/aromatic N) is 1. The highest BCUT2D eigenvalue weighted by Gasteiger charge is 2.55. The van der Waals surface area contributed by atoms with E-state index in [1.165, 1.54) is 18.4 Å². The zero-order valence-electron chi connectivity index (χ0n) is 12.5. The van der Waals surface area contributed by atoms with E-state index in [0.717, 1.165) is 38.0 Å². The van der Waals surface area contributed by atoms with Gasteiger partial charge in [0, 0.05) is 17.6 Å². The van der Waals surface area contributed by atoms with E-state index < -0.39 is 0 Å². The molecule has 114 valence electrons. The van der Waals surface area contributed by atoms with Crippen LogP contribution in [0.5, 0.6) is 0 Å². The van der Waals surface area contributed by atoms with Crippen LogP contribution < -0.4 is 10.2 Å². The highest BCUT2D eigenvalue weighted by Crippen LogP contribution is 2.56. The van der Waals surface area contributed by atoms with Gasteiger partial charge in [-0.25, -0.2) is 0 Å². The Labute approximate surface area is 132 Å². The Hall–Kier alpha value is -1.06. The molecule has 1 saturated heterocycles. The largest absolute Gasteiger partial charge is 0.310 e. The lowest BCUT2D eigenvalue weighted by molar-refractivity contribution is -0.124. The van der Waals surface area contributed by atoms with E-state index in [1.54, 1.807) is 0 Å². The van der Waals surface area contributed by atoms with Gasteiger partial charge in [-0.3, -0.25) is 4.79 Å². The fourth-order valence-electron chi connectivity index (χ4n) is 4.09. The molecule has 1 spiro atoms. The number of fused-ring (bicyclic) bond motifs is 2. The second-order valence-corrected chi connectivity index (χ2v) is 6.65. The third kappa shape index (κ3) is 2.01. The van der Waals surface area contributed by atoms with Crippen LogP contribution in [-0.4, -0.2) is 24.5 Å². The smallest absolute Gasteiger partial charge is 0.247 e. The number of hydrogen-bond acceptors (Lipinski definition) is 2. The molecule has 1 amide bonds. The number of benzene rings is 1. The number of carbonyl (C=O) groups excluding carboxylic acids is 1. The molecule has 4 rings (SSSR count). The number of para-hydroxylation sites is 1. The molecule has 21 heavy (non-hydrogen) atoms. The number of carbonyl (C=O) groups is 1. The Morgan fingerprint density at radius 2 is 2.05 bits per heavy atom. The molecular formula is C17H23ClN2O. The molecule has 4 heteroatoms. The molecule has 1 unspecified atom stereocenters. The van der Waals surface area contributed by atoms with Crippen molar-refractivity contribution < 1.29 is 4.79 Å². The quantitative estimate of drug-likeness (QED) is 0.911. The minimum Gasteiger partial charge on any atom is -0.310 e. The average Bonchev–Trinajstić information content (AvgIpc) is 2.98. The third-order valence-electron chi connectivity index (χ3n) is 5.58. The summed E-state index contributed by atoms with van der Waals surface area (Å²) in [4.78, 5) is 15.2. The first-order valence-electron chi connectivity index (χ1n) is 7.87. The standard InChI is InChI=1S/C17H22N2O.ClH/c1-2-17(8-5-11-18-17)15(20)19-12-16(9-10-16)13-6-3-4-7-14(13)19;/h3-4,6-7,18H,2,5,8-12H2,1H3;1H. The van der Waals surface area contributed by atoms with Crippen LogP contribution in [-0.2, 0) is 10.2 Å². The van der Waals surface area contributed by atoms with Gasteiger partial charge >= 0.3 is 0 Å². The summed E-state index contributed by atoms with van der Waals surface area (Å²) in [5.41, 5.74) is 2.54. The fraction of sp³-hybridized carbons (Fsp3) is 0.588. The lowest BCUT2D eigenvalue weighted by Crippen LogP contribution is -2.54. The van der Waals surface area contributed by atoms with Gasteiger partial charge in [0.25, 0.3) is 0 Å². The highest BCUT2D eigenvalue weighted by atomic mass is 35.5. The van der Waals surface area contributed by atoms with E-state index >= 15 is 0 Å². The Bertz CT molecular complexity index is 562. The summed E-state index contributed by atoms with van der Waals surface area (Å²) in [6.45, 7) is 4.00. The molecule has 1 atom stereocenters. The first kappa shape index (κ1) is 14.9. The molecule has 1 N–H and O–H groups in total. The van der Waals surface area contributed by atoms with Crippen molar-refractivity contribution in [1.29, 1.82) is 0 Å². The van der Waals surface area contributed by atoms with E-state index in [1.807, 2.05) is 0 Å². The normalized spacial score (nSPS) is 28.3. The molecule has 1 saturated carbocycles. The van der Waals surface area contributed by atoms with Gasteiger partial charge in [-0.2, -0.15) is 0 Å². The van der Waals surface area contributed by atoms with Crippen LogP contribution in [0.25, 0.3) is 0 Å². The van der Waals surface area contributed by atoms with Gasteiger partial charge < -0.3 is 10.2 Å². The first-order chi connectivity index (χ1) is 9.71. The molecule has 1 aromatic carbocycles. The molecule has 3 nitrogen and oxygen atoms in total. The molecule has 2 fully saturated rings. The molecular weight excluding hydrogens is 284 g/mol. The van der Waals surface area contributed by atoms with Gasteiger partial charge in [-0.15, -0.1) is 12.4 Å².